The first kappa shape index (κ1) is 9.04. The van der Waals surface area contributed by atoms with E-state index >= 15 is 0 Å². The molecule has 1 unspecified atom stereocenters. The topological polar surface area (TPSA) is 47.3 Å². The Morgan fingerprint density at radius 1 is 1.43 bits per heavy atom. The summed E-state index contributed by atoms with van der Waals surface area (Å²) in [6, 6.07) is 9.53. The van der Waals surface area contributed by atoms with Crippen LogP contribution in [-0.2, 0) is 0 Å². The molecule has 0 aliphatic carbocycles. The molecular formula is C11H12N2O. The minimum Gasteiger partial charge on any atom is -0.374 e. The smallest absolute Gasteiger partial charge is 0.126 e. The van der Waals surface area contributed by atoms with E-state index in [4.69, 9.17) is 5.26 Å². The molecule has 0 radical (unpaired) electrons. The van der Waals surface area contributed by atoms with Crippen LogP contribution in [0.4, 0.5) is 5.69 Å². The van der Waals surface area contributed by atoms with Crippen LogP contribution in [0.15, 0.2) is 24.3 Å². The molecule has 1 aliphatic heterocycles. The van der Waals surface area contributed by atoms with Gasteiger partial charge in [-0.15, -0.1) is 0 Å². The highest BCUT2D eigenvalue weighted by molar-refractivity contribution is 5.59. The van der Waals surface area contributed by atoms with Gasteiger partial charge in [0.25, 0.3) is 0 Å². The van der Waals surface area contributed by atoms with Crippen molar-refractivity contribution in [2.75, 3.05) is 11.4 Å². The van der Waals surface area contributed by atoms with Crippen LogP contribution in [0.1, 0.15) is 18.4 Å². The van der Waals surface area contributed by atoms with E-state index < -0.39 is 6.23 Å². The van der Waals surface area contributed by atoms with Crippen molar-refractivity contribution in [3.05, 3.63) is 29.8 Å². The second kappa shape index (κ2) is 3.69. The predicted octanol–water partition coefficient (Wildman–Crippen LogP) is 1.48. The second-order valence-electron chi connectivity index (χ2n) is 3.45. The van der Waals surface area contributed by atoms with Gasteiger partial charge in [-0.3, -0.25) is 0 Å². The molecule has 0 saturated carbocycles. The fourth-order valence-corrected chi connectivity index (χ4v) is 1.85. The molecule has 72 valence electrons. The van der Waals surface area contributed by atoms with Crippen LogP contribution in [0.5, 0.6) is 0 Å². The lowest BCUT2D eigenvalue weighted by Crippen LogP contribution is -2.29. The molecule has 0 aromatic heterocycles. The Labute approximate surface area is 83.2 Å². The molecule has 0 spiro atoms. The Morgan fingerprint density at radius 2 is 2.21 bits per heavy atom. The third-order valence-corrected chi connectivity index (χ3v) is 2.56. The van der Waals surface area contributed by atoms with Gasteiger partial charge in [0.2, 0.25) is 0 Å². The van der Waals surface area contributed by atoms with Gasteiger partial charge in [0, 0.05) is 6.54 Å². The second-order valence-corrected chi connectivity index (χ2v) is 3.45. The zero-order chi connectivity index (χ0) is 9.97. The molecule has 1 saturated heterocycles. The van der Waals surface area contributed by atoms with Crippen LogP contribution in [0.3, 0.4) is 0 Å². The summed E-state index contributed by atoms with van der Waals surface area (Å²) in [5, 5.41) is 18.6. The van der Waals surface area contributed by atoms with Crippen LogP contribution in [0.2, 0.25) is 0 Å². The molecule has 1 aromatic carbocycles. The van der Waals surface area contributed by atoms with E-state index in [-0.39, 0.29) is 0 Å². The van der Waals surface area contributed by atoms with Crippen molar-refractivity contribution in [2.24, 2.45) is 0 Å². The third kappa shape index (κ3) is 1.45. The van der Waals surface area contributed by atoms with Gasteiger partial charge >= 0.3 is 0 Å². The number of aliphatic hydroxyl groups excluding tert-OH is 1. The van der Waals surface area contributed by atoms with Crippen molar-refractivity contribution < 1.29 is 5.11 Å². The number of nitriles is 1. The average molecular weight is 188 g/mol. The fourth-order valence-electron chi connectivity index (χ4n) is 1.85. The Bertz CT molecular complexity index is 370. The normalized spacial score (nSPS) is 20.9. The number of rotatable bonds is 1. The number of benzene rings is 1. The van der Waals surface area contributed by atoms with Gasteiger partial charge in [-0.05, 0) is 25.0 Å². The summed E-state index contributed by atoms with van der Waals surface area (Å²) in [7, 11) is 0. The van der Waals surface area contributed by atoms with E-state index in [1.54, 1.807) is 6.07 Å². The minimum atomic E-state index is -0.426. The lowest BCUT2D eigenvalue weighted by molar-refractivity contribution is 0.185. The molecule has 1 aliphatic rings. The van der Waals surface area contributed by atoms with E-state index in [2.05, 4.69) is 6.07 Å². The van der Waals surface area contributed by atoms with Crippen molar-refractivity contribution in [2.45, 2.75) is 19.1 Å². The maximum absolute atomic E-state index is 9.68. The predicted molar refractivity (Wildman–Crippen MR) is 53.7 cm³/mol. The molecule has 1 heterocycles. The summed E-state index contributed by atoms with van der Waals surface area (Å²) >= 11 is 0. The first-order valence-corrected chi connectivity index (χ1v) is 4.77. The van der Waals surface area contributed by atoms with E-state index in [1.165, 1.54) is 0 Å². The lowest BCUT2D eigenvalue weighted by atomic mass is 10.2. The average Bonchev–Trinajstić information content (AvgIpc) is 2.64. The highest BCUT2D eigenvalue weighted by Gasteiger charge is 2.23. The van der Waals surface area contributed by atoms with Crippen molar-refractivity contribution in [1.82, 2.24) is 0 Å². The Morgan fingerprint density at radius 3 is 2.86 bits per heavy atom. The fraction of sp³-hybridized carbons (Fsp3) is 0.364. The number of hydrogen-bond donors (Lipinski definition) is 1. The van der Waals surface area contributed by atoms with Crippen LogP contribution < -0.4 is 4.90 Å². The summed E-state index contributed by atoms with van der Waals surface area (Å²) in [6.07, 6.45) is 1.35. The highest BCUT2D eigenvalue weighted by atomic mass is 16.3. The molecular weight excluding hydrogens is 176 g/mol. The van der Waals surface area contributed by atoms with Crippen molar-refractivity contribution in [3.63, 3.8) is 0 Å². The van der Waals surface area contributed by atoms with Gasteiger partial charge in [-0.1, -0.05) is 12.1 Å². The van der Waals surface area contributed by atoms with Gasteiger partial charge in [-0.25, -0.2) is 0 Å². The van der Waals surface area contributed by atoms with E-state index in [9.17, 15) is 5.11 Å². The summed E-state index contributed by atoms with van der Waals surface area (Å²) in [5.74, 6) is 0. The molecule has 1 N–H and O–H groups in total. The maximum atomic E-state index is 9.68. The van der Waals surface area contributed by atoms with Crippen LogP contribution in [-0.4, -0.2) is 17.9 Å². The monoisotopic (exact) mass is 188 g/mol. The van der Waals surface area contributed by atoms with Crippen molar-refractivity contribution in [1.29, 1.82) is 5.26 Å². The Hall–Kier alpha value is -1.53. The van der Waals surface area contributed by atoms with Crippen molar-refractivity contribution >= 4 is 5.69 Å². The maximum Gasteiger partial charge on any atom is 0.126 e. The summed E-state index contributed by atoms with van der Waals surface area (Å²) in [6.45, 7) is 0.833. The number of aliphatic hydroxyl groups is 1. The Kier molecular flexibility index (Phi) is 2.38. The molecule has 3 nitrogen and oxygen atoms in total. The molecule has 1 atom stereocenters. The summed E-state index contributed by atoms with van der Waals surface area (Å²) in [4.78, 5) is 1.89. The van der Waals surface area contributed by atoms with Gasteiger partial charge in [0.1, 0.15) is 12.3 Å². The molecule has 0 amide bonds. The van der Waals surface area contributed by atoms with Crippen LogP contribution >= 0.6 is 0 Å². The SMILES string of the molecule is N#Cc1ccccc1N1CCCC1O. The number of hydrogen-bond acceptors (Lipinski definition) is 3. The van der Waals surface area contributed by atoms with E-state index in [0.29, 0.717) is 5.56 Å². The molecule has 2 rings (SSSR count). The van der Waals surface area contributed by atoms with Gasteiger partial charge in [0.05, 0.1) is 11.3 Å². The first-order valence-electron chi connectivity index (χ1n) is 4.77. The summed E-state index contributed by atoms with van der Waals surface area (Å²) in [5.41, 5.74) is 1.48. The van der Waals surface area contributed by atoms with Crippen molar-refractivity contribution in [3.8, 4) is 6.07 Å². The van der Waals surface area contributed by atoms with Gasteiger partial charge in [0.15, 0.2) is 0 Å². The minimum absolute atomic E-state index is 0.426. The quantitative estimate of drug-likeness (QED) is 0.726. The lowest BCUT2D eigenvalue weighted by Gasteiger charge is -2.23. The van der Waals surface area contributed by atoms with Gasteiger partial charge in [-0.2, -0.15) is 5.26 Å². The van der Waals surface area contributed by atoms with E-state index in [1.807, 2.05) is 23.1 Å². The standard InChI is InChI=1S/C11H12N2O/c12-8-9-4-1-2-5-10(9)13-7-3-6-11(13)14/h1-2,4-5,11,14H,3,6-7H2. The molecule has 0 bridgehead atoms. The molecule has 1 fully saturated rings. The first-order chi connectivity index (χ1) is 6.83. The van der Waals surface area contributed by atoms with Gasteiger partial charge < -0.3 is 10.0 Å². The molecule has 3 heteroatoms. The Balaban J connectivity index is 2.36. The largest absolute Gasteiger partial charge is 0.374 e. The van der Waals surface area contributed by atoms with Crippen LogP contribution in [0, 0.1) is 11.3 Å². The van der Waals surface area contributed by atoms with E-state index in [0.717, 1.165) is 25.1 Å². The third-order valence-electron chi connectivity index (χ3n) is 2.56. The van der Waals surface area contributed by atoms with Crippen LogP contribution in [0.25, 0.3) is 0 Å². The zero-order valence-electron chi connectivity index (χ0n) is 7.85. The summed E-state index contributed by atoms with van der Waals surface area (Å²) < 4.78 is 0. The molecule has 1 aromatic rings. The number of anilines is 1. The molecule has 14 heavy (non-hydrogen) atoms. The zero-order valence-corrected chi connectivity index (χ0v) is 7.85. The highest BCUT2D eigenvalue weighted by Crippen LogP contribution is 2.26. The number of nitrogens with zero attached hydrogens (tertiary/aromatic N) is 2. The number of para-hydroxylation sites is 1.